The lowest BCUT2D eigenvalue weighted by Gasteiger charge is -2.26. The topological polar surface area (TPSA) is 80.5 Å². The predicted octanol–water partition coefficient (Wildman–Crippen LogP) is 0.360. The Hall–Kier alpha value is -1.47. The summed E-state index contributed by atoms with van der Waals surface area (Å²) in [5.74, 6) is 0.169. The summed E-state index contributed by atoms with van der Waals surface area (Å²) in [5, 5.41) is 17.5. The molecule has 0 saturated carbocycles. The highest BCUT2D eigenvalue weighted by molar-refractivity contribution is 5.76. The summed E-state index contributed by atoms with van der Waals surface area (Å²) in [6.45, 7) is 5.17. The highest BCUT2D eigenvalue weighted by Crippen LogP contribution is 2.12. The van der Waals surface area contributed by atoms with Crippen LogP contribution in [0.3, 0.4) is 0 Å². The molecule has 2 rings (SSSR count). The summed E-state index contributed by atoms with van der Waals surface area (Å²) < 4.78 is 6.90. The summed E-state index contributed by atoms with van der Waals surface area (Å²) in [6, 6.07) is 0. The minimum atomic E-state index is -0.557. The molecule has 1 fully saturated rings. The number of nitrogens with zero attached hydrogens (tertiary/aromatic N) is 4. The Morgan fingerprint density at radius 1 is 1.50 bits per heavy atom. The number of hydrogen-bond acceptors (Lipinski definition) is 5. The molecule has 112 valence electrons. The zero-order chi connectivity index (χ0) is 14.4. The lowest BCUT2D eigenvalue weighted by molar-refractivity contribution is -0.135. The second-order valence-electron chi connectivity index (χ2n) is 4.93. The first-order chi connectivity index (χ1) is 9.70. The number of hydrogen-bond donors (Lipinski definition) is 1. The number of amides is 1. The van der Waals surface area contributed by atoms with Gasteiger partial charge in [0.05, 0.1) is 25.5 Å². The molecular weight excluding hydrogens is 260 g/mol. The molecule has 1 amide bonds. The van der Waals surface area contributed by atoms with Gasteiger partial charge in [-0.05, 0) is 12.8 Å². The second kappa shape index (κ2) is 7.35. The molecule has 1 atom stereocenters. The van der Waals surface area contributed by atoms with Crippen molar-refractivity contribution in [2.45, 2.75) is 38.8 Å². The van der Waals surface area contributed by atoms with E-state index in [-0.39, 0.29) is 5.91 Å². The minimum Gasteiger partial charge on any atom is -0.387 e. The van der Waals surface area contributed by atoms with Crippen molar-refractivity contribution >= 4 is 5.91 Å². The van der Waals surface area contributed by atoms with Crippen LogP contribution in [0.25, 0.3) is 0 Å². The molecule has 0 bridgehead atoms. The van der Waals surface area contributed by atoms with Gasteiger partial charge in [0.25, 0.3) is 0 Å². The number of carbonyl (C=O) groups is 1. The summed E-state index contributed by atoms with van der Waals surface area (Å²) in [4.78, 5) is 13.8. The zero-order valence-electron chi connectivity index (χ0n) is 11.9. The molecule has 1 aliphatic rings. The molecule has 1 aromatic rings. The molecule has 0 aliphatic carbocycles. The standard InChI is InChI=1S/C13H22N4O3/c1-2-12(18)11-10-17(15-14-11)5-3-4-13(19)16-6-8-20-9-7-16/h10,12,18H,2-9H2,1H3. The van der Waals surface area contributed by atoms with Crippen LogP contribution in [0.5, 0.6) is 0 Å². The average molecular weight is 282 g/mol. The van der Waals surface area contributed by atoms with E-state index in [2.05, 4.69) is 10.3 Å². The maximum absolute atomic E-state index is 11.9. The van der Waals surface area contributed by atoms with Crippen LogP contribution in [-0.4, -0.2) is 57.2 Å². The Labute approximate surface area is 118 Å². The molecule has 7 nitrogen and oxygen atoms in total. The minimum absolute atomic E-state index is 0.169. The van der Waals surface area contributed by atoms with Gasteiger partial charge < -0.3 is 14.7 Å². The summed E-state index contributed by atoms with van der Waals surface area (Å²) in [6.07, 6.45) is 3.03. The molecule has 7 heteroatoms. The molecule has 20 heavy (non-hydrogen) atoms. The molecule has 0 spiro atoms. The fourth-order valence-corrected chi connectivity index (χ4v) is 2.15. The lowest BCUT2D eigenvalue weighted by atomic mass is 10.2. The monoisotopic (exact) mass is 282 g/mol. The van der Waals surface area contributed by atoms with Crippen molar-refractivity contribution in [2.75, 3.05) is 26.3 Å². The number of aliphatic hydroxyl groups is 1. The SMILES string of the molecule is CCC(O)c1cn(CCCC(=O)N2CCOCC2)nn1. The van der Waals surface area contributed by atoms with E-state index < -0.39 is 6.10 Å². The van der Waals surface area contributed by atoms with Crippen molar-refractivity contribution in [3.8, 4) is 0 Å². The molecule has 1 aromatic heterocycles. The summed E-state index contributed by atoms with van der Waals surface area (Å²) in [7, 11) is 0. The van der Waals surface area contributed by atoms with Gasteiger partial charge in [0.1, 0.15) is 5.69 Å². The second-order valence-corrected chi connectivity index (χ2v) is 4.93. The van der Waals surface area contributed by atoms with Crippen molar-refractivity contribution in [1.29, 1.82) is 0 Å². The van der Waals surface area contributed by atoms with E-state index in [0.29, 0.717) is 51.4 Å². The van der Waals surface area contributed by atoms with Crippen molar-refractivity contribution < 1.29 is 14.6 Å². The summed E-state index contributed by atoms with van der Waals surface area (Å²) >= 11 is 0. The maximum atomic E-state index is 11.9. The quantitative estimate of drug-likeness (QED) is 0.815. The van der Waals surface area contributed by atoms with Crippen molar-refractivity contribution in [3.05, 3.63) is 11.9 Å². The van der Waals surface area contributed by atoms with Gasteiger partial charge >= 0.3 is 0 Å². The Morgan fingerprint density at radius 3 is 2.95 bits per heavy atom. The first-order valence-electron chi connectivity index (χ1n) is 7.14. The number of rotatable bonds is 6. The Morgan fingerprint density at radius 2 is 2.25 bits per heavy atom. The Kier molecular flexibility index (Phi) is 5.49. The largest absolute Gasteiger partial charge is 0.387 e. The van der Waals surface area contributed by atoms with Crippen molar-refractivity contribution in [3.63, 3.8) is 0 Å². The molecule has 0 aromatic carbocycles. The molecule has 2 heterocycles. The molecule has 1 aliphatic heterocycles. The average Bonchev–Trinajstić information content (AvgIpc) is 2.96. The van der Waals surface area contributed by atoms with Crippen LogP contribution >= 0.6 is 0 Å². The molecule has 1 N–H and O–H groups in total. The van der Waals surface area contributed by atoms with Crippen molar-refractivity contribution in [2.24, 2.45) is 0 Å². The highest BCUT2D eigenvalue weighted by Gasteiger charge is 2.16. The van der Waals surface area contributed by atoms with Crippen LogP contribution in [0.2, 0.25) is 0 Å². The number of aryl methyl sites for hydroxylation is 1. The number of aliphatic hydroxyl groups excluding tert-OH is 1. The third-order valence-electron chi connectivity index (χ3n) is 3.43. The fraction of sp³-hybridized carbons (Fsp3) is 0.769. The van der Waals surface area contributed by atoms with Gasteiger partial charge in [-0.3, -0.25) is 9.48 Å². The van der Waals surface area contributed by atoms with Crippen LogP contribution in [0.15, 0.2) is 6.20 Å². The maximum Gasteiger partial charge on any atom is 0.222 e. The summed E-state index contributed by atoms with van der Waals surface area (Å²) in [5.41, 5.74) is 0.590. The molecular formula is C13H22N4O3. The number of morpholine rings is 1. The molecule has 1 saturated heterocycles. The zero-order valence-corrected chi connectivity index (χ0v) is 11.9. The van der Waals surface area contributed by atoms with Gasteiger partial charge in [-0.25, -0.2) is 0 Å². The van der Waals surface area contributed by atoms with Crippen LogP contribution < -0.4 is 0 Å². The van der Waals surface area contributed by atoms with Crippen LogP contribution in [0.4, 0.5) is 0 Å². The fourth-order valence-electron chi connectivity index (χ4n) is 2.15. The smallest absolute Gasteiger partial charge is 0.222 e. The van der Waals surface area contributed by atoms with Crippen LogP contribution in [-0.2, 0) is 16.1 Å². The number of carbonyl (C=O) groups excluding carboxylic acids is 1. The highest BCUT2D eigenvalue weighted by atomic mass is 16.5. The number of ether oxygens (including phenoxy) is 1. The van der Waals surface area contributed by atoms with E-state index in [0.717, 1.165) is 6.42 Å². The van der Waals surface area contributed by atoms with Crippen LogP contribution in [0, 0.1) is 0 Å². The van der Waals surface area contributed by atoms with E-state index in [9.17, 15) is 9.90 Å². The normalized spacial score (nSPS) is 17.2. The first-order valence-corrected chi connectivity index (χ1v) is 7.14. The van der Waals surface area contributed by atoms with Gasteiger partial charge in [-0.2, -0.15) is 0 Å². The van der Waals surface area contributed by atoms with E-state index in [1.54, 1.807) is 10.9 Å². The Balaban J connectivity index is 1.72. The van der Waals surface area contributed by atoms with E-state index >= 15 is 0 Å². The molecule has 1 unspecified atom stereocenters. The predicted molar refractivity (Wildman–Crippen MR) is 71.9 cm³/mol. The van der Waals surface area contributed by atoms with Gasteiger partial charge in [0.2, 0.25) is 5.91 Å². The van der Waals surface area contributed by atoms with Crippen LogP contribution in [0.1, 0.15) is 38.0 Å². The third-order valence-corrected chi connectivity index (χ3v) is 3.43. The van der Waals surface area contributed by atoms with Gasteiger partial charge in [0, 0.05) is 26.1 Å². The van der Waals surface area contributed by atoms with E-state index in [4.69, 9.17) is 4.74 Å². The number of aromatic nitrogens is 3. The first kappa shape index (κ1) is 14.9. The van der Waals surface area contributed by atoms with Gasteiger partial charge in [-0.1, -0.05) is 12.1 Å². The van der Waals surface area contributed by atoms with E-state index in [1.165, 1.54) is 0 Å². The molecule has 0 radical (unpaired) electrons. The Bertz CT molecular complexity index is 429. The third kappa shape index (κ3) is 4.01. The van der Waals surface area contributed by atoms with E-state index in [1.807, 2.05) is 11.8 Å². The van der Waals surface area contributed by atoms with Gasteiger partial charge in [-0.15, -0.1) is 5.10 Å². The van der Waals surface area contributed by atoms with Crippen molar-refractivity contribution in [1.82, 2.24) is 19.9 Å². The lowest BCUT2D eigenvalue weighted by Crippen LogP contribution is -2.40. The van der Waals surface area contributed by atoms with Gasteiger partial charge in [0.15, 0.2) is 0 Å².